The number of hydrogen-bond donors (Lipinski definition) is 1. The van der Waals surface area contributed by atoms with Crippen molar-refractivity contribution in [1.29, 1.82) is 0 Å². The van der Waals surface area contributed by atoms with Gasteiger partial charge in [-0.25, -0.2) is 14.8 Å². The van der Waals surface area contributed by atoms with Crippen molar-refractivity contribution in [3.63, 3.8) is 0 Å². The van der Waals surface area contributed by atoms with Crippen LogP contribution in [-0.4, -0.2) is 35.7 Å². The fourth-order valence-electron chi connectivity index (χ4n) is 3.94. The Hall–Kier alpha value is -2.93. The van der Waals surface area contributed by atoms with Crippen LogP contribution in [-0.2, 0) is 11.3 Å². The van der Waals surface area contributed by atoms with E-state index in [0.29, 0.717) is 12.5 Å². The summed E-state index contributed by atoms with van der Waals surface area (Å²) in [5, 5.41) is 4.74. The lowest BCUT2D eigenvalue weighted by molar-refractivity contribution is 0.137. The smallest absolute Gasteiger partial charge is 0.407 e. The Morgan fingerprint density at radius 2 is 2.03 bits per heavy atom. The van der Waals surface area contributed by atoms with E-state index in [9.17, 15) is 4.79 Å². The van der Waals surface area contributed by atoms with Gasteiger partial charge in [0.1, 0.15) is 12.4 Å². The van der Waals surface area contributed by atoms with Crippen LogP contribution in [0.2, 0.25) is 0 Å². The first-order valence-electron chi connectivity index (χ1n) is 10.7. The van der Waals surface area contributed by atoms with Crippen molar-refractivity contribution in [3.05, 3.63) is 64.6 Å². The zero-order valence-electron chi connectivity index (χ0n) is 17.8. The normalized spacial score (nSPS) is 14.4. The average Bonchev–Trinajstić information content (AvgIpc) is 3.32. The summed E-state index contributed by atoms with van der Waals surface area (Å²) in [4.78, 5) is 23.2. The van der Waals surface area contributed by atoms with Crippen molar-refractivity contribution in [2.75, 3.05) is 24.5 Å². The third kappa shape index (κ3) is 5.82. The van der Waals surface area contributed by atoms with Crippen LogP contribution in [0.3, 0.4) is 0 Å². The maximum absolute atomic E-state index is 11.8. The maximum Gasteiger partial charge on any atom is 0.407 e. The van der Waals surface area contributed by atoms with Gasteiger partial charge in [0, 0.05) is 30.6 Å². The molecule has 1 N–H and O–H groups in total. The molecule has 3 heterocycles. The van der Waals surface area contributed by atoms with Gasteiger partial charge in [-0.1, -0.05) is 30.3 Å². The number of carbonyl (C=O) groups excluding carboxylic acids is 1. The zero-order valence-corrected chi connectivity index (χ0v) is 18.6. The van der Waals surface area contributed by atoms with Crippen LogP contribution in [0.1, 0.15) is 30.5 Å². The molecule has 0 bridgehead atoms. The van der Waals surface area contributed by atoms with Crippen LogP contribution < -0.4 is 10.2 Å². The molecule has 7 heteroatoms. The second-order valence-corrected chi connectivity index (χ2v) is 8.62. The maximum atomic E-state index is 11.8. The number of pyridine rings is 1. The largest absolute Gasteiger partial charge is 0.443 e. The number of thiazole rings is 1. The van der Waals surface area contributed by atoms with Gasteiger partial charge in [-0.15, -0.1) is 11.3 Å². The van der Waals surface area contributed by atoms with Crippen molar-refractivity contribution in [2.45, 2.75) is 32.8 Å². The highest BCUT2D eigenvalue weighted by Crippen LogP contribution is 2.27. The highest BCUT2D eigenvalue weighted by molar-refractivity contribution is 7.07. The number of nitrogens with zero attached hydrogens (tertiary/aromatic N) is 3. The zero-order chi connectivity index (χ0) is 21.5. The molecule has 31 heavy (non-hydrogen) atoms. The summed E-state index contributed by atoms with van der Waals surface area (Å²) in [5.74, 6) is 1.65. The Labute approximate surface area is 187 Å². The number of aromatic nitrogens is 2. The van der Waals surface area contributed by atoms with Crippen molar-refractivity contribution >= 4 is 23.2 Å². The number of ether oxygens (including phenoxy) is 1. The van der Waals surface area contributed by atoms with Crippen LogP contribution >= 0.6 is 11.3 Å². The number of hydrogen-bond acceptors (Lipinski definition) is 6. The number of benzene rings is 1. The Morgan fingerprint density at radius 1 is 1.19 bits per heavy atom. The van der Waals surface area contributed by atoms with E-state index in [4.69, 9.17) is 9.72 Å². The summed E-state index contributed by atoms with van der Waals surface area (Å²) >= 11 is 1.50. The van der Waals surface area contributed by atoms with E-state index in [1.807, 2.05) is 5.38 Å². The predicted molar refractivity (Wildman–Crippen MR) is 124 cm³/mol. The summed E-state index contributed by atoms with van der Waals surface area (Å²) in [6.45, 7) is 4.97. The lowest BCUT2D eigenvalue weighted by Crippen LogP contribution is -2.35. The Bertz CT molecular complexity index is 985. The first-order chi connectivity index (χ1) is 15.2. The topological polar surface area (TPSA) is 67.4 Å². The molecule has 1 aliphatic rings. The molecule has 3 aromatic rings. The Kier molecular flexibility index (Phi) is 7.14. The number of aryl methyl sites for hydroxylation is 1. The molecule has 1 fully saturated rings. The number of alkyl carbamates (subject to hydrolysis) is 1. The molecule has 1 saturated heterocycles. The van der Waals surface area contributed by atoms with Crippen LogP contribution in [0.25, 0.3) is 11.3 Å². The summed E-state index contributed by atoms with van der Waals surface area (Å²) in [6.07, 6.45) is 2.80. The molecule has 0 spiro atoms. The molecule has 1 aromatic carbocycles. The quantitative estimate of drug-likeness (QED) is 0.562. The van der Waals surface area contributed by atoms with Crippen molar-refractivity contribution < 1.29 is 9.53 Å². The third-order valence-corrected chi connectivity index (χ3v) is 6.39. The van der Waals surface area contributed by atoms with E-state index in [1.54, 1.807) is 5.51 Å². The van der Waals surface area contributed by atoms with Gasteiger partial charge in [-0.05, 0) is 49.8 Å². The van der Waals surface area contributed by atoms with E-state index in [1.165, 1.54) is 22.5 Å². The van der Waals surface area contributed by atoms with Crippen molar-refractivity contribution in [3.8, 4) is 11.3 Å². The molecular weight excluding hydrogens is 408 g/mol. The molecule has 1 amide bonds. The second kappa shape index (κ2) is 10.4. The minimum absolute atomic E-state index is 0.224. The van der Waals surface area contributed by atoms with Crippen LogP contribution in [0.15, 0.2) is 53.4 Å². The lowest BCUT2D eigenvalue weighted by Gasteiger charge is -2.33. The van der Waals surface area contributed by atoms with Gasteiger partial charge in [-0.3, -0.25) is 0 Å². The van der Waals surface area contributed by atoms with Gasteiger partial charge in [0.2, 0.25) is 0 Å². The van der Waals surface area contributed by atoms with Crippen LogP contribution in [0.5, 0.6) is 0 Å². The van der Waals surface area contributed by atoms with E-state index in [0.717, 1.165) is 49.6 Å². The fraction of sp³-hybridized carbons (Fsp3) is 0.375. The second-order valence-electron chi connectivity index (χ2n) is 7.90. The van der Waals surface area contributed by atoms with Crippen molar-refractivity contribution in [1.82, 2.24) is 15.3 Å². The Balaban J connectivity index is 1.21. The third-order valence-electron chi connectivity index (χ3n) is 5.75. The standard InChI is InChI=1S/C24H28N4O2S/c1-18-5-2-3-6-21(18)22-7-4-8-23(27-22)28-13-10-19(11-14-28)9-12-25-24(29)30-15-20-16-31-17-26-20/h2-8,16-17,19H,9-15H2,1H3,(H,25,29). The first kappa shape index (κ1) is 21.3. The summed E-state index contributed by atoms with van der Waals surface area (Å²) in [7, 11) is 0. The average molecular weight is 437 g/mol. The molecule has 4 rings (SSSR count). The number of anilines is 1. The molecule has 0 atom stereocenters. The Morgan fingerprint density at radius 3 is 2.81 bits per heavy atom. The van der Waals surface area contributed by atoms with Gasteiger partial charge in [0.05, 0.1) is 16.9 Å². The lowest BCUT2D eigenvalue weighted by atomic mass is 9.93. The van der Waals surface area contributed by atoms with E-state index < -0.39 is 0 Å². The molecule has 6 nitrogen and oxygen atoms in total. The number of nitrogens with one attached hydrogen (secondary N) is 1. The van der Waals surface area contributed by atoms with E-state index in [-0.39, 0.29) is 12.7 Å². The highest BCUT2D eigenvalue weighted by Gasteiger charge is 2.20. The van der Waals surface area contributed by atoms with Gasteiger partial charge >= 0.3 is 6.09 Å². The molecule has 0 aliphatic carbocycles. The van der Waals surface area contributed by atoms with Gasteiger partial charge in [-0.2, -0.15) is 0 Å². The monoisotopic (exact) mass is 436 g/mol. The number of piperidine rings is 1. The summed E-state index contributed by atoms with van der Waals surface area (Å²) in [5.41, 5.74) is 5.97. The summed E-state index contributed by atoms with van der Waals surface area (Å²) in [6, 6.07) is 14.6. The van der Waals surface area contributed by atoms with Crippen LogP contribution in [0.4, 0.5) is 10.6 Å². The van der Waals surface area contributed by atoms with Gasteiger partial charge in [0.15, 0.2) is 0 Å². The minimum Gasteiger partial charge on any atom is -0.443 e. The predicted octanol–water partition coefficient (Wildman–Crippen LogP) is 5.05. The van der Waals surface area contributed by atoms with Crippen molar-refractivity contribution in [2.24, 2.45) is 5.92 Å². The molecule has 2 aromatic heterocycles. The van der Waals surface area contributed by atoms with E-state index in [2.05, 4.69) is 64.6 Å². The van der Waals surface area contributed by atoms with E-state index >= 15 is 0 Å². The van der Waals surface area contributed by atoms with Crippen LogP contribution in [0, 0.1) is 12.8 Å². The molecule has 0 radical (unpaired) electrons. The molecule has 0 saturated carbocycles. The number of amides is 1. The number of carbonyl (C=O) groups is 1. The molecular formula is C24H28N4O2S. The minimum atomic E-state index is -0.373. The summed E-state index contributed by atoms with van der Waals surface area (Å²) < 4.78 is 5.18. The van der Waals surface area contributed by atoms with Gasteiger partial charge in [0.25, 0.3) is 0 Å². The fourth-order valence-corrected chi connectivity index (χ4v) is 4.48. The highest BCUT2D eigenvalue weighted by atomic mass is 32.1. The van der Waals surface area contributed by atoms with Gasteiger partial charge < -0.3 is 15.0 Å². The first-order valence-corrected chi connectivity index (χ1v) is 11.7. The molecule has 1 aliphatic heterocycles. The molecule has 162 valence electrons. The SMILES string of the molecule is Cc1ccccc1-c1cccc(N2CCC(CCNC(=O)OCc3cscn3)CC2)n1. The number of rotatable bonds is 7. The molecule has 0 unspecified atom stereocenters.